The van der Waals surface area contributed by atoms with E-state index in [1.54, 1.807) is 23.9 Å². The molecule has 0 fully saturated rings. The van der Waals surface area contributed by atoms with Crippen molar-refractivity contribution in [3.8, 4) is 0 Å². The molecule has 1 aromatic heterocycles. The minimum atomic E-state index is -3.58. The van der Waals surface area contributed by atoms with E-state index < -0.39 is 10.0 Å². The first-order valence-corrected chi connectivity index (χ1v) is 10.3. The van der Waals surface area contributed by atoms with Crippen molar-refractivity contribution in [2.45, 2.75) is 57.5 Å². The van der Waals surface area contributed by atoms with Crippen LogP contribution in [0, 0.1) is 0 Å². The molecule has 0 spiro atoms. The molecule has 0 aliphatic heterocycles. The molecular formula is C18H26N4O3S. The monoisotopic (exact) mass is 378 g/mol. The number of aryl methyl sites for hydroxylation is 1. The summed E-state index contributed by atoms with van der Waals surface area (Å²) in [6, 6.07) is 7.48. The molecule has 8 heteroatoms. The molecule has 26 heavy (non-hydrogen) atoms. The van der Waals surface area contributed by atoms with Crippen LogP contribution in [-0.4, -0.2) is 30.1 Å². The fraction of sp³-hybridized carbons (Fsp3) is 0.444. The molecule has 2 N–H and O–H groups in total. The fourth-order valence-corrected chi connectivity index (χ4v) is 3.64. The summed E-state index contributed by atoms with van der Waals surface area (Å²) in [4.78, 5) is 12.5. The molecule has 0 bridgehead atoms. The maximum atomic E-state index is 12.4. The number of rotatable bonds is 9. The number of anilines is 1. The van der Waals surface area contributed by atoms with Gasteiger partial charge in [-0.1, -0.05) is 20.3 Å². The van der Waals surface area contributed by atoms with Gasteiger partial charge in [0.25, 0.3) is 5.91 Å². The summed E-state index contributed by atoms with van der Waals surface area (Å²) in [7, 11) is -3.58. The molecule has 1 heterocycles. The molecular weight excluding hydrogens is 352 g/mol. The van der Waals surface area contributed by atoms with Crippen LogP contribution in [0.25, 0.3) is 0 Å². The van der Waals surface area contributed by atoms with Crippen LogP contribution in [0.1, 0.15) is 50.4 Å². The van der Waals surface area contributed by atoms with Gasteiger partial charge in [0.1, 0.15) is 5.82 Å². The number of aromatic nitrogens is 2. The summed E-state index contributed by atoms with van der Waals surface area (Å²) in [5.74, 6) is 0.320. The average molecular weight is 378 g/mol. The van der Waals surface area contributed by atoms with Crippen LogP contribution in [0.15, 0.2) is 41.4 Å². The van der Waals surface area contributed by atoms with Crippen LogP contribution in [-0.2, 0) is 16.6 Å². The highest BCUT2D eigenvalue weighted by atomic mass is 32.2. The molecule has 142 valence electrons. The lowest BCUT2D eigenvalue weighted by atomic mass is 10.2. The molecule has 1 unspecified atom stereocenters. The Hall–Kier alpha value is -2.19. The molecule has 1 amide bonds. The number of carbonyl (C=O) groups is 1. The van der Waals surface area contributed by atoms with E-state index in [0.717, 1.165) is 19.4 Å². The van der Waals surface area contributed by atoms with Crippen LogP contribution < -0.4 is 10.0 Å². The van der Waals surface area contributed by atoms with Gasteiger partial charge < -0.3 is 5.32 Å². The number of hydrogen-bond donors (Lipinski definition) is 2. The highest BCUT2D eigenvalue weighted by Gasteiger charge is 2.17. The van der Waals surface area contributed by atoms with Gasteiger partial charge in [-0.25, -0.2) is 17.8 Å². The first kappa shape index (κ1) is 20.1. The largest absolute Gasteiger partial charge is 0.307 e. The second kappa shape index (κ2) is 8.95. The summed E-state index contributed by atoms with van der Waals surface area (Å²) >= 11 is 0. The molecule has 0 radical (unpaired) electrons. The van der Waals surface area contributed by atoms with Crippen molar-refractivity contribution in [3.05, 3.63) is 42.1 Å². The first-order valence-electron chi connectivity index (χ1n) is 8.83. The Bertz CT molecular complexity index is 828. The van der Waals surface area contributed by atoms with Crippen molar-refractivity contribution in [1.29, 1.82) is 0 Å². The minimum Gasteiger partial charge on any atom is -0.307 e. The molecule has 2 aromatic rings. The molecule has 2 rings (SSSR count). The number of nitrogens with zero attached hydrogens (tertiary/aromatic N) is 2. The summed E-state index contributed by atoms with van der Waals surface area (Å²) in [6.45, 7) is 6.54. The average Bonchev–Trinajstić information content (AvgIpc) is 3.06. The van der Waals surface area contributed by atoms with Gasteiger partial charge in [0.15, 0.2) is 0 Å². The number of nitrogens with one attached hydrogen (secondary N) is 2. The van der Waals surface area contributed by atoms with Crippen molar-refractivity contribution < 1.29 is 13.2 Å². The summed E-state index contributed by atoms with van der Waals surface area (Å²) in [5.41, 5.74) is 0.385. The van der Waals surface area contributed by atoms with Gasteiger partial charge in [-0.2, -0.15) is 5.10 Å². The van der Waals surface area contributed by atoms with Crippen LogP contribution >= 0.6 is 0 Å². The Morgan fingerprint density at radius 3 is 2.50 bits per heavy atom. The number of benzene rings is 1. The predicted octanol–water partition coefficient (Wildman–Crippen LogP) is 3.01. The summed E-state index contributed by atoms with van der Waals surface area (Å²) in [5, 5.41) is 7.01. The van der Waals surface area contributed by atoms with E-state index >= 15 is 0 Å². The van der Waals surface area contributed by atoms with E-state index in [1.807, 2.05) is 6.92 Å². The number of carbonyl (C=O) groups excluding carboxylic acids is 1. The maximum absolute atomic E-state index is 12.4. The number of sulfonamides is 1. The van der Waals surface area contributed by atoms with E-state index in [9.17, 15) is 13.2 Å². The van der Waals surface area contributed by atoms with E-state index in [2.05, 4.69) is 22.1 Å². The topological polar surface area (TPSA) is 93.1 Å². The van der Waals surface area contributed by atoms with E-state index in [4.69, 9.17) is 0 Å². The standard InChI is InChI=1S/C18H26N4O3S/c1-4-6-13-22-17(11-12-19-22)20-18(23)15-7-9-16(10-8-15)26(24,25)21-14(3)5-2/h7-12,14,21H,4-6,13H2,1-3H3,(H,20,23). The smallest absolute Gasteiger partial charge is 0.256 e. The van der Waals surface area contributed by atoms with Gasteiger partial charge in [0.05, 0.1) is 11.1 Å². The van der Waals surface area contributed by atoms with Crippen LogP contribution in [0.2, 0.25) is 0 Å². The van der Waals surface area contributed by atoms with Crippen LogP contribution in [0.3, 0.4) is 0 Å². The number of amides is 1. The summed E-state index contributed by atoms with van der Waals surface area (Å²) < 4.78 is 28.9. The normalized spacial score (nSPS) is 12.7. The Labute approximate surface area is 154 Å². The molecule has 7 nitrogen and oxygen atoms in total. The lowest BCUT2D eigenvalue weighted by Crippen LogP contribution is -2.32. The number of hydrogen-bond acceptors (Lipinski definition) is 4. The molecule has 0 saturated carbocycles. The summed E-state index contributed by atoms with van der Waals surface area (Å²) in [6.07, 6.45) is 4.35. The van der Waals surface area contributed by atoms with Gasteiger partial charge in [0, 0.05) is 24.2 Å². The zero-order valence-electron chi connectivity index (χ0n) is 15.4. The van der Waals surface area contributed by atoms with Crippen molar-refractivity contribution in [2.75, 3.05) is 5.32 Å². The quantitative estimate of drug-likeness (QED) is 0.701. The lowest BCUT2D eigenvalue weighted by molar-refractivity contribution is 0.102. The molecule has 0 saturated heterocycles. The minimum absolute atomic E-state index is 0.141. The van der Waals surface area contributed by atoms with E-state index in [0.29, 0.717) is 17.8 Å². The van der Waals surface area contributed by atoms with Crippen LogP contribution in [0.4, 0.5) is 5.82 Å². The van der Waals surface area contributed by atoms with Crippen molar-refractivity contribution in [1.82, 2.24) is 14.5 Å². The first-order chi connectivity index (χ1) is 12.4. The zero-order valence-corrected chi connectivity index (χ0v) is 16.2. The molecule has 1 aromatic carbocycles. The van der Waals surface area contributed by atoms with Gasteiger partial charge in [-0.3, -0.25) is 4.79 Å². The van der Waals surface area contributed by atoms with E-state index in [-0.39, 0.29) is 16.8 Å². The van der Waals surface area contributed by atoms with Gasteiger partial charge in [-0.05, 0) is 44.0 Å². The van der Waals surface area contributed by atoms with Gasteiger partial charge in [-0.15, -0.1) is 0 Å². The van der Waals surface area contributed by atoms with Gasteiger partial charge in [0.2, 0.25) is 10.0 Å². The van der Waals surface area contributed by atoms with E-state index in [1.165, 1.54) is 24.3 Å². The second-order valence-electron chi connectivity index (χ2n) is 6.20. The molecule has 0 aliphatic carbocycles. The predicted molar refractivity (Wildman–Crippen MR) is 102 cm³/mol. The zero-order chi connectivity index (χ0) is 19.2. The SMILES string of the molecule is CCCCn1nccc1NC(=O)c1ccc(S(=O)(=O)NC(C)CC)cc1. The third-order valence-corrected chi connectivity index (χ3v) is 5.68. The fourth-order valence-electron chi connectivity index (χ4n) is 2.32. The van der Waals surface area contributed by atoms with Crippen molar-refractivity contribution in [2.24, 2.45) is 0 Å². The van der Waals surface area contributed by atoms with Crippen molar-refractivity contribution in [3.63, 3.8) is 0 Å². The Morgan fingerprint density at radius 2 is 1.88 bits per heavy atom. The van der Waals surface area contributed by atoms with Crippen LogP contribution in [0.5, 0.6) is 0 Å². The lowest BCUT2D eigenvalue weighted by Gasteiger charge is -2.12. The van der Waals surface area contributed by atoms with Gasteiger partial charge >= 0.3 is 0 Å². The molecule has 0 aliphatic rings. The number of unbranched alkanes of at least 4 members (excludes halogenated alkanes) is 1. The highest BCUT2D eigenvalue weighted by molar-refractivity contribution is 7.89. The van der Waals surface area contributed by atoms with Crippen molar-refractivity contribution >= 4 is 21.7 Å². The molecule has 1 atom stereocenters. The Morgan fingerprint density at radius 1 is 1.19 bits per heavy atom. The maximum Gasteiger partial charge on any atom is 0.256 e. The third-order valence-electron chi connectivity index (χ3n) is 4.08. The highest BCUT2D eigenvalue weighted by Crippen LogP contribution is 2.14. The Kier molecular flexibility index (Phi) is 6.93. The second-order valence-corrected chi connectivity index (χ2v) is 7.92. The Balaban J connectivity index is 2.08. The third kappa shape index (κ3) is 5.15.